The first kappa shape index (κ1) is 42.7. The average Bonchev–Trinajstić information content (AvgIpc) is 0. The van der Waals surface area contributed by atoms with Crippen molar-refractivity contribution >= 4 is 80.9 Å². The van der Waals surface area contributed by atoms with Crippen molar-refractivity contribution in [1.29, 1.82) is 0 Å². The van der Waals surface area contributed by atoms with Crippen molar-refractivity contribution in [3.63, 3.8) is 0 Å². The molecule has 0 fully saturated rings. The number of rotatable bonds is 0. The maximum absolute atomic E-state index is 0. The van der Waals surface area contributed by atoms with Crippen LogP contribution in [-0.2, 0) is 82.7 Å². The van der Waals surface area contributed by atoms with Crippen LogP contribution in [0.2, 0.25) is 0 Å². The van der Waals surface area contributed by atoms with E-state index < -0.39 is 0 Å². The fraction of sp³-hybridized carbons (Fsp3) is 0. The molecule has 0 unspecified atom stereocenters. The van der Waals surface area contributed by atoms with Crippen molar-refractivity contribution in [1.82, 2.24) is 0 Å². The normalized spacial score (nSPS) is 0. The molecule has 0 rings (SSSR count). The van der Waals surface area contributed by atoms with Gasteiger partial charge in [0, 0.05) is 82.7 Å². The molecule has 0 saturated heterocycles. The molecule has 0 spiro atoms. The van der Waals surface area contributed by atoms with E-state index in [-0.39, 0.29) is 164 Å². The van der Waals surface area contributed by atoms with Crippen LogP contribution < -0.4 is 0 Å². The monoisotopic (exact) mass is 366 g/mol. The van der Waals surface area contributed by atoms with E-state index in [1.807, 2.05) is 0 Å². The van der Waals surface area contributed by atoms with E-state index in [0.29, 0.717) is 0 Å². The van der Waals surface area contributed by atoms with Crippen molar-refractivity contribution in [2.75, 3.05) is 0 Å². The zero-order chi connectivity index (χ0) is 0. The molecule has 0 aliphatic carbocycles. The third-order valence-corrected chi connectivity index (χ3v) is 0. The molecule has 2 radical (unpaired) electrons. The third-order valence-electron chi connectivity index (χ3n) is 0. The zero-order valence-corrected chi connectivity index (χ0v) is 8.30. The van der Waals surface area contributed by atoms with E-state index in [4.69, 9.17) is 0 Å². The summed E-state index contributed by atoms with van der Waals surface area (Å²) in [4.78, 5) is 0. The van der Waals surface area contributed by atoms with E-state index in [0.717, 1.165) is 0 Å². The number of hydrogen-bond acceptors (Lipinski definition) is 0. The van der Waals surface area contributed by atoms with Crippen molar-refractivity contribution in [3.8, 4) is 0 Å². The minimum Gasteiger partial charge on any atom is 0 e. The molecule has 6 heavy (non-hydrogen) atoms. The van der Waals surface area contributed by atoms with Crippen LogP contribution in [0.3, 0.4) is 0 Å². The van der Waals surface area contributed by atoms with Crippen molar-refractivity contribution < 1.29 is 82.7 Å². The molecular weight excluding hydrogens is 366 g/mol. The molecule has 0 nitrogen and oxygen atoms in total. The smallest absolute Gasteiger partial charge is 0 e. The van der Waals surface area contributed by atoms with Gasteiger partial charge >= 0.3 is 80.9 Å². The van der Waals surface area contributed by atoms with Crippen LogP contribution in [0, 0.1) is 0 Å². The topological polar surface area (TPSA) is 0 Å². The van der Waals surface area contributed by atoms with Gasteiger partial charge in [-0.1, -0.05) is 0 Å². The summed E-state index contributed by atoms with van der Waals surface area (Å²) in [5.74, 6) is 0. The molecule has 0 heterocycles. The van der Waals surface area contributed by atoms with Crippen LogP contribution in [0.15, 0.2) is 0 Å². The molecule has 0 N–H and O–H groups in total. The Labute approximate surface area is 159 Å². The maximum Gasteiger partial charge on any atom is 0 e. The van der Waals surface area contributed by atoms with Crippen LogP contribution in [0.5, 0.6) is 0 Å². The Balaban J connectivity index is 0. The molecule has 0 aliphatic heterocycles. The summed E-state index contributed by atoms with van der Waals surface area (Å²) in [5, 5.41) is 0. The third kappa shape index (κ3) is 22.8. The molecule has 0 aromatic rings. The SMILES string of the molecule is [Cu].[Fe].[KH].[NaH].[Nb].[Zr]. The van der Waals surface area contributed by atoms with Gasteiger partial charge < -0.3 is 0 Å². The Hall–Kier alpha value is 5.30. The largest absolute Gasteiger partial charge is 0 e. The fourth-order valence-electron chi connectivity index (χ4n) is 0. The van der Waals surface area contributed by atoms with Crippen LogP contribution in [0.1, 0.15) is 0 Å². The second kappa shape index (κ2) is 31.7. The number of hydrogen-bond donors (Lipinski definition) is 0. The molecule has 32 valence electrons. The van der Waals surface area contributed by atoms with Crippen molar-refractivity contribution in [3.05, 3.63) is 0 Å². The predicted octanol–water partition coefficient (Wildman–Crippen LogP) is -1.31. The summed E-state index contributed by atoms with van der Waals surface area (Å²) in [6.45, 7) is 0. The molecule has 0 aromatic heterocycles. The Morgan fingerprint density at radius 2 is 1.00 bits per heavy atom. The van der Waals surface area contributed by atoms with Crippen LogP contribution in [0.4, 0.5) is 0 Å². The summed E-state index contributed by atoms with van der Waals surface area (Å²) in [6.07, 6.45) is 0. The molecular formula is H2CuFeKNaNbZr. The molecule has 0 saturated carbocycles. The van der Waals surface area contributed by atoms with Gasteiger partial charge in [0.15, 0.2) is 0 Å². The first-order valence-corrected chi connectivity index (χ1v) is 0. The van der Waals surface area contributed by atoms with Gasteiger partial charge in [-0.05, 0) is 0 Å². The van der Waals surface area contributed by atoms with Gasteiger partial charge in [-0.15, -0.1) is 0 Å². The Bertz CT molecular complexity index is 15.5. The van der Waals surface area contributed by atoms with Crippen molar-refractivity contribution in [2.45, 2.75) is 0 Å². The fourth-order valence-corrected chi connectivity index (χ4v) is 0. The second-order valence-corrected chi connectivity index (χ2v) is 0. The molecule has 0 amide bonds. The average molecular weight is 368 g/mol. The molecule has 0 aromatic carbocycles. The second-order valence-electron chi connectivity index (χ2n) is 0. The van der Waals surface area contributed by atoms with Gasteiger partial charge in [-0.2, -0.15) is 0 Å². The van der Waals surface area contributed by atoms with Gasteiger partial charge in [-0.3, -0.25) is 0 Å². The van der Waals surface area contributed by atoms with Gasteiger partial charge in [0.1, 0.15) is 0 Å². The van der Waals surface area contributed by atoms with E-state index in [9.17, 15) is 0 Å². The molecule has 0 bridgehead atoms. The maximum atomic E-state index is 0. The van der Waals surface area contributed by atoms with Gasteiger partial charge in [-0.25, -0.2) is 0 Å². The summed E-state index contributed by atoms with van der Waals surface area (Å²) in [5.41, 5.74) is 0. The van der Waals surface area contributed by atoms with Crippen LogP contribution in [-0.4, -0.2) is 80.9 Å². The molecule has 6 heteroatoms. The minimum absolute atomic E-state index is 0. The Morgan fingerprint density at radius 3 is 1.00 bits per heavy atom. The summed E-state index contributed by atoms with van der Waals surface area (Å²) in [7, 11) is 0. The summed E-state index contributed by atoms with van der Waals surface area (Å²) >= 11 is 0. The first-order chi connectivity index (χ1) is 0. The van der Waals surface area contributed by atoms with E-state index >= 15 is 0 Å². The Kier molecular flexibility index (Phi) is 226. The standard InChI is InChI=1S/Cu.Fe.K.Na.Nb.Zr.2H. The first-order valence-electron chi connectivity index (χ1n) is 0. The van der Waals surface area contributed by atoms with Gasteiger partial charge in [0.05, 0.1) is 0 Å². The molecule has 0 aliphatic rings. The quantitative estimate of drug-likeness (QED) is 0.467. The van der Waals surface area contributed by atoms with Crippen LogP contribution in [0.25, 0.3) is 0 Å². The van der Waals surface area contributed by atoms with Gasteiger partial charge in [0.25, 0.3) is 0 Å². The zero-order valence-electron chi connectivity index (χ0n) is 1.60. The van der Waals surface area contributed by atoms with E-state index in [1.165, 1.54) is 0 Å². The van der Waals surface area contributed by atoms with E-state index in [2.05, 4.69) is 0 Å². The summed E-state index contributed by atoms with van der Waals surface area (Å²) in [6, 6.07) is 0. The van der Waals surface area contributed by atoms with E-state index in [1.54, 1.807) is 0 Å². The molecule has 0 atom stereocenters. The predicted molar refractivity (Wildman–Crippen MR) is 14.3 cm³/mol. The summed E-state index contributed by atoms with van der Waals surface area (Å²) < 4.78 is 0. The van der Waals surface area contributed by atoms with Crippen LogP contribution >= 0.6 is 0 Å². The Morgan fingerprint density at radius 1 is 1.00 bits per heavy atom. The van der Waals surface area contributed by atoms with Gasteiger partial charge in [0.2, 0.25) is 0 Å². The minimum atomic E-state index is 0. The van der Waals surface area contributed by atoms with Crippen molar-refractivity contribution in [2.24, 2.45) is 0 Å².